The second-order valence-electron chi connectivity index (χ2n) is 18.3. The standard InChI is InChI=1S/C67H43NO2/c1-4-16-44(17-5-1)45-34-36-50(37-35-45)68(51-39-41-64-60(42-51)57-23-11-12-28-62(57)69-64)52-38-40-55-58-26-14-24-53(65(58)67(61(55)43-52,48-18-6-2-7-19-48)49-20-8-3-9-21-49)46-30-32-47(33-31-46)54-25-15-27-59-56-22-10-13-29-63(56)70-66(54)59/h1-43H. The van der Waals surface area contributed by atoms with Crippen LogP contribution in [0.2, 0.25) is 0 Å². The first-order chi connectivity index (χ1) is 34.7. The summed E-state index contributed by atoms with van der Waals surface area (Å²) < 4.78 is 12.9. The van der Waals surface area contributed by atoms with Gasteiger partial charge in [0.25, 0.3) is 0 Å². The Morgan fingerprint density at radius 1 is 0.286 bits per heavy atom. The fourth-order valence-electron chi connectivity index (χ4n) is 11.5. The summed E-state index contributed by atoms with van der Waals surface area (Å²) in [6.45, 7) is 0. The van der Waals surface area contributed by atoms with Crippen LogP contribution in [0.1, 0.15) is 22.3 Å². The molecule has 2 aromatic heterocycles. The molecule has 70 heavy (non-hydrogen) atoms. The van der Waals surface area contributed by atoms with E-state index in [1.54, 1.807) is 0 Å². The highest BCUT2D eigenvalue weighted by molar-refractivity contribution is 6.10. The zero-order valence-electron chi connectivity index (χ0n) is 38.1. The van der Waals surface area contributed by atoms with Gasteiger partial charge in [0, 0.05) is 44.2 Å². The summed E-state index contributed by atoms with van der Waals surface area (Å²) >= 11 is 0. The number of furan rings is 2. The number of nitrogens with zero attached hydrogens (tertiary/aromatic N) is 1. The molecule has 14 rings (SSSR count). The van der Waals surface area contributed by atoms with Crippen molar-refractivity contribution in [3.8, 4) is 44.5 Å². The van der Waals surface area contributed by atoms with E-state index < -0.39 is 5.41 Å². The van der Waals surface area contributed by atoms with Gasteiger partial charge >= 0.3 is 0 Å². The minimum absolute atomic E-state index is 0.675. The van der Waals surface area contributed by atoms with Crippen LogP contribution in [0.4, 0.5) is 17.1 Å². The normalized spacial score (nSPS) is 12.7. The van der Waals surface area contributed by atoms with Crippen LogP contribution in [-0.4, -0.2) is 0 Å². The molecule has 0 saturated heterocycles. The van der Waals surface area contributed by atoms with E-state index in [0.29, 0.717) is 0 Å². The van der Waals surface area contributed by atoms with Crippen molar-refractivity contribution in [2.24, 2.45) is 0 Å². The molecule has 1 aliphatic carbocycles. The lowest BCUT2D eigenvalue weighted by molar-refractivity contribution is 0.669. The van der Waals surface area contributed by atoms with Crippen LogP contribution in [0.3, 0.4) is 0 Å². The van der Waals surface area contributed by atoms with Crippen molar-refractivity contribution >= 4 is 60.9 Å². The molecule has 0 bridgehead atoms. The fourth-order valence-corrected chi connectivity index (χ4v) is 11.5. The minimum atomic E-state index is -0.675. The maximum Gasteiger partial charge on any atom is 0.143 e. The second kappa shape index (κ2) is 16.0. The number of rotatable bonds is 8. The van der Waals surface area contributed by atoms with Crippen molar-refractivity contribution in [3.63, 3.8) is 0 Å². The summed E-state index contributed by atoms with van der Waals surface area (Å²) in [6, 6.07) is 94.5. The van der Waals surface area contributed by atoms with Gasteiger partial charge in [0.05, 0.1) is 5.41 Å². The molecule has 2 heterocycles. The average molecular weight is 894 g/mol. The van der Waals surface area contributed by atoms with Crippen LogP contribution >= 0.6 is 0 Å². The van der Waals surface area contributed by atoms with Crippen molar-refractivity contribution in [1.82, 2.24) is 0 Å². The maximum atomic E-state index is 6.51. The van der Waals surface area contributed by atoms with E-state index in [0.717, 1.165) is 77.6 Å². The topological polar surface area (TPSA) is 29.5 Å². The van der Waals surface area contributed by atoms with Crippen LogP contribution in [-0.2, 0) is 5.41 Å². The fraction of sp³-hybridized carbons (Fsp3) is 0.0149. The van der Waals surface area contributed by atoms with E-state index in [-0.39, 0.29) is 0 Å². The Balaban J connectivity index is 0.976. The van der Waals surface area contributed by atoms with Gasteiger partial charge in [-0.2, -0.15) is 0 Å². The van der Waals surface area contributed by atoms with Gasteiger partial charge < -0.3 is 13.7 Å². The number of fused-ring (bicyclic) bond motifs is 9. The molecule has 0 unspecified atom stereocenters. The first-order valence-corrected chi connectivity index (χ1v) is 24.0. The van der Waals surface area contributed by atoms with Gasteiger partial charge in [0.1, 0.15) is 22.3 Å². The average Bonchev–Trinajstić information content (AvgIpc) is 4.10. The maximum absolute atomic E-state index is 6.51. The lowest BCUT2D eigenvalue weighted by Crippen LogP contribution is -2.29. The molecule has 0 radical (unpaired) electrons. The van der Waals surface area contributed by atoms with Crippen LogP contribution in [0.15, 0.2) is 270 Å². The molecule has 13 aromatic rings. The zero-order chi connectivity index (χ0) is 46.2. The molecule has 0 aliphatic heterocycles. The largest absolute Gasteiger partial charge is 0.456 e. The van der Waals surface area contributed by atoms with Gasteiger partial charge in [-0.15, -0.1) is 0 Å². The van der Waals surface area contributed by atoms with E-state index in [2.05, 4.69) is 241 Å². The molecule has 328 valence electrons. The molecular weight excluding hydrogens is 851 g/mol. The van der Waals surface area contributed by atoms with Crippen LogP contribution in [0.25, 0.3) is 88.4 Å². The van der Waals surface area contributed by atoms with Crippen molar-refractivity contribution in [2.45, 2.75) is 5.41 Å². The molecule has 1 aliphatic rings. The first-order valence-electron chi connectivity index (χ1n) is 24.0. The molecule has 0 saturated carbocycles. The van der Waals surface area contributed by atoms with E-state index in [9.17, 15) is 0 Å². The van der Waals surface area contributed by atoms with E-state index in [4.69, 9.17) is 8.83 Å². The van der Waals surface area contributed by atoms with Crippen molar-refractivity contribution < 1.29 is 8.83 Å². The highest BCUT2D eigenvalue weighted by Crippen LogP contribution is 2.60. The number of benzene rings is 11. The third kappa shape index (κ3) is 6.15. The minimum Gasteiger partial charge on any atom is -0.456 e. The van der Waals surface area contributed by atoms with Gasteiger partial charge in [0.2, 0.25) is 0 Å². The van der Waals surface area contributed by atoms with Crippen molar-refractivity contribution in [2.75, 3.05) is 4.90 Å². The summed E-state index contributed by atoms with van der Waals surface area (Å²) in [7, 11) is 0. The lowest BCUT2D eigenvalue weighted by atomic mass is 9.66. The van der Waals surface area contributed by atoms with Crippen LogP contribution in [0.5, 0.6) is 0 Å². The first kappa shape index (κ1) is 39.9. The molecule has 0 fully saturated rings. The Hall–Kier alpha value is -9.18. The SMILES string of the molecule is c1ccc(-c2ccc(N(c3ccc4c(c3)C(c3ccccc3)(c3ccccc3)c3c(-c5ccc(-c6cccc7c6oc6ccccc67)cc5)cccc3-4)c3ccc4oc5ccccc5c4c3)cc2)cc1. The second-order valence-corrected chi connectivity index (χ2v) is 18.3. The van der Waals surface area contributed by atoms with Gasteiger partial charge in [-0.25, -0.2) is 0 Å². The Morgan fingerprint density at radius 3 is 1.49 bits per heavy atom. The summed E-state index contributed by atoms with van der Waals surface area (Å²) in [6.07, 6.45) is 0. The Bertz CT molecular complexity index is 4050. The smallest absolute Gasteiger partial charge is 0.143 e. The van der Waals surface area contributed by atoms with E-state index in [1.165, 1.54) is 50.1 Å². The molecule has 3 heteroatoms. The number of hydrogen-bond donors (Lipinski definition) is 0. The quantitative estimate of drug-likeness (QED) is 0.152. The molecular formula is C67H43NO2. The highest BCUT2D eigenvalue weighted by atomic mass is 16.3. The monoisotopic (exact) mass is 893 g/mol. The van der Waals surface area contributed by atoms with Crippen molar-refractivity contribution in [3.05, 3.63) is 283 Å². The Morgan fingerprint density at radius 2 is 0.771 bits per heavy atom. The van der Waals surface area contributed by atoms with Crippen LogP contribution in [0, 0.1) is 0 Å². The summed E-state index contributed by atoms with van der Waals surface area (Å²) in [5, 5.41) is 4.44. The third-order valence-electron chi connectivity index (χ3n) is 14.6. The molecule has 0 atom stereocenters. The summed E-state index contributed by atoms with van der Waals surface area (Å²) in [5.41, 5.74) is 20.4. The molecule has 3 nitrogen and oxygen atoms in total. The molecule has 0 amide bonds. The predicted octanol–water partition coefficient (Wildman–Crippen LogP) is 18.3. The van der Waals surface area contributed by atoms with E-state index in [1.807, 2.05) is 24.3 Å². The third-order valence-corrected chi connectivity index (χ3v) is 14.6. The summed E-state index contributed by atoms with van der Waals surface area (Å²) in [4.78, 5) is 2.40. The Labute approximate surface area is 405 Å². The zero-order valence-corrected chi connectivity index (χ0v) is 38.1. The number of hydrogen-bond acceptors (Lipinski definition) is 3. The number of para-hydroxylation sites is 3. The van der Waals surface area contributed by atoms with Crippen LogP contribution < -0.4 is 4.90 Å². The van der Waals surface area contributed by atoms with Gasteiger partial charge in [0.15, 0.2) is 0 Å². The predicted molar refractivity (Wildman–Crippen MR) is 289 cm³/mol. The molecule has 11 aromatic carbocycles. The highest BCUT2D eigenvalue weighted by Gasteiger charge is 2.48. The number of anilines is 3. The van der Waals surface area contributed by atoms with E-state index >= 15 is 0 Å². The van der Waals surface area contributed by atoms with Gasteiger partial charge in [-0.1, -0.05) is 206 Å². The lowest BCUT2D eigenvalue weighted by Gasteiger charge is -2.36. The summed E-state index contributed by atoms with van der Waals surface area (Å²) in [5.74, 6) is 0. The van der Waals surface area contributed by atoms with Gasteiger partial charge in [-0.3, -0.25) is 0 Å². The molecule has 0 spiro atoms. The Kier molecular flexibility index (Phi) is 9.11. The van der Waals surface area contributed by atoms with Gasteiger partial charge in [-0.05, 0) is 116 Å². The van der Waals surface area contributed by atoms with Crippen molar-refractivity contribution in [1.29, 1.82) is 0 Å². The molecule has 0 N–H and O–H groups in total.